The number of nitrogens with zero attached hydrogens (tertiary/aromatic N) is 2. The molecule has 0 atom stereocenters. The third-order valence-corrected chi connectivity index (χ3v) is 6.01. The van der Waals surface area contributed by atoms with Gasteiger partial charge in [-0.1, -0.05) is 17.7 Å². The normalized spacial score (nSPS) is 13.4. The van der Waals surface area contributed by atoms with Gasteiger partial charge in [0, 0.05) is 4.88 Å². The number of benzene rings is 1. The molecule has 7 heteroatoms. The standard InChI is InChI=1S/C22H20ClN3O2S/c1-13(2)28-19-8-7-14(10-18(19)23)9-15(11-24)21(27)26-22-17(12-25)16-5-3-4-6-20(16)29-22/h7-10,13H,3-6H2,1-2H3,(H,26,27)/b15-9+. The summed E-state index contributed by atoms with van der Waals surface area (Å²) in [7, 11) is 0. The number of fused-ring (bicyclic) bond motifs is 1. The maximum atomic E-state index is 12.7. The fourth-order valence-electron chi connectivity index (χ4n) is 3.21. The molecule has 148 valence electrons. The molecule has 1 heterocycles. The zero-order valence-corrected chi connectivity index (χ0v) is 17.8. The van der Waals surface area contributed by atoms with Crippen molar-refractivity contribution in [3.63, 3.8) is 0 Å². The molecule has 0 saturated heterocycles. The van der Waals surface area contributed by atoms with Crippen molar-refractivity contribution in [2.45, 2.75) is 45.6 Å². The van der Waals surface area contributed by atoms with Crippen LogP contribution in [-0.4, -0.2) is 12.0 Å². The summed E-state index contributed by atoms with van der Waals surface area (Å²) in [5.74, 6) is 0.00540. The molecular weight excluding hydrogens is 406 g/mol. The molecule has 29 heavy (non-hydrogen) atoms. The quantitative estimate of drug-likeness (QED) is 0.507. The van der Waals surface area contributed by atoms with Crippen molar-refractivity contribution in [2.24, 2.45) is 0 Å². The summed E-state index contributed by atoms with van der Waals surface area (Å²) in [5, 5.41) is 22.7. The minimum absolute atomic E-state index is 0.0136. The number of anilines is 1. The van der Waals surface area contributed by atoms with Crippen molar-refractivity contribution in [1.82, 2.24) is 0 Å². The molecule has 1 amide bonds. The van der Waals surface area contributed by atoms with E-state index in [0.29, 0.717) is 26.9 Å². The van der Waals surface area contributed by atoms with Gasteiger partial charge in [-0.15, -0.1) is 11.3 Å². The summed E-state index contributed by atoms with van der Waals surface area (Å²) in [6.45, 7) is 3.81. The average Bonchev–Trinajstić information content (AvgIpc) is 3.04. The van der Waals surface area contributed by atoms with E-state index in [4.69, 9.17) is 16.3 Å². The third-order valence-electron chi connectivity index (χ3n) is 4.50. The molecule has 1 aliphatic rings. The fourth-order valence-corrected chi connectivity index (χ4v) is 4.68. The Hall–Kier alpha value is -2.80. The van der Waals surface area contributed by atoms with E-state index in [0.717, 1.165) is 36.1 Å². The summed E-state index contributed by atoms with van der Waals surface area (Å²) in [4.78, 5) is 13.8. The Balaban J connectivity index is 1.83. The molecule has 5 nitrogen and oxygen atoms in total. The van der Waals surface area contributed by atoms with E-state index in [1.165, 1.54) is 17.4 Å². The van der Waals surface area contributed by atoms with Crippen LogP contribution in [0.25, 0.3) is 6.08 Å². The van der Waals surface area contributed by atoms with Gasteiger partial charge in [0.1, 0.15) is 28.5 Å². The molecule has 2 aromatic rings. The van der Waals surface area contributed by atoms with Crippen LogP contribution in [0.15, 0.2) is 23.8 Å². The molecule has 0 radical (unpaired) electrons. The van der Waals surface area contributed by atoms with Crippen LogP contribution in [0.4, 0.5) is 5.00 Å². The highest BCUT2D eigenvalue weighted by Crippen LogP contribution is 2.37. The first-order chi connectivity index (χ1) is 13.9. The zero-order chi connectivity index (χ0) is 21.0. The smallest absolute Gasteiger partial charge is 0.266 e. The largest absolute Gasteiger partial charge is 0.489 e. The molecule has 0 spiro atoms. The van der Waals surface area contributed by atoms with Crippen LogP contribution in [0.1, 0.15) is 48.3 Å². The van der Waals surface area contributed by atoms with Gasteiger partial charge in [-0.25, -0.2) is 0 Å². The molecule has 0 aliphatic heterocycles. The highest BCUT2D eigenvalue weighted by atomic mass is 35.5. The van der Waals surface area contributed by atoms with Crippen LogP contribution in [0.2, 0.25) is 5.02 Å². The predicted octanol–water partition coefficient (Wildman–Crippen LogP) is 5.48. The number of nitriles is 2. The van der Waals surface area contributed by atoms with Crippen molar-refractivity contribution in [2.75, 3.05) is 5.32 Å². The topological polar surface area (TPSA) is 85.9 Å². The first-order valence-corrected chi connectivity index (χ1v) is 10.6. The van der Waals surface area contributed by atoms with E-state index in [2.05, 4.69) is 11.4 Å². The predicted molar refractivity (Wildman–Crippen MR) is 115 cm³/mol. The Morgan fingerprint density at radius 2 is 2.07 bits per heavy atom. The van der Waals surface area contributed by atoms with Crippen molar-refractivity contribution in [3.8, 4) is 17.9 Å². The van der Waals surface area contributed by atoms with Gasteiger partial charge in [-0.3, -0.25) is 4.79 Å². The number of halogens is 1. The molecule has 1 N–H and O–H groups in total. The molecule has 0 fully saturated rings. The fraction of sp³-hybridized carbons (Fsp3) is 0.318. The monoisotopic (exact) mass is 425 g/mol. The zero-order valence-electron chi connectivity index (χ0n) is 16.2. The first kappa shape index (κ1) is 20.9. The number of ether oxygens (including phenoxy) is 1. The summed E-state index contributed by atoms with van der Waals surface area (Å²) in [6.07, 6.45) is 5.38. The number of rotatable bonds is 5. The van der Waals surface area contributed by atoms with Crippen LogP contribution < -0.4 is 10.1 Å². The number of nitrogens with one attached hydrogen (secondary N) is 1. The highest BCUT2D eigenvalue weighted by Gasteiger charge is 2.22. The number of aryl methyl sites for hydroxylation is 1. The lowest BCUT2D eigenvalue weighted by atomic mass is 9.96. The van der Waals surface area contributed by atoms with Crippen LogP contribution in [0.3, 0.4) is 0 Å². The summed E-state index contributed by atoms with van der Waals surface area (Å²) in [6, 6.07) is 9.23. The van der Waals surface area contributed by atoms with E-state index >= 15 is 0 Å². The van der Waals surface area contributed by atoms with Crippen molar-refractivity contribution in [3.05, 3.63) is 50.4 Å². The third kappa shape index (κ3) is 4.79. The summed E-state index contributed by atoms with van der Waals surface area (Å²) in [5.41, 5.74) is 2.11. The van der Waals surface area contributed by atoms with Gasteiger partial charge in [0.2, 0.25) is 0 Å². The molecule has 0 saturated carbocycles. The summed E-state index contributed by atoms with van der Waals surface area (Å²) < 4.78 is 5.60. The highest BCUT2D eigenvalue weighted by molar-refractivity contribution is 7.16. The molecule has 1 aromatic heterocycles. The number of carbonyl (C=O) groups is 1. The maximum Gasteiger partial charge on any atom is 0.266 e. The van der Waals surface area contributed by atoms with Crippen molar-refractivity contribution < 1.29 is 9.53 Å². The van der Waals surface area contributed by atoms with Gasteiger partial charge >= 0.3 is 0 Å². The Kier molecular flexibility index (Phi) is 6.59. The number of hydrogen-bond acceptors (Lipinski definition) is 5. The summed E-state index contributed by atoms with van der Waals surface area (Å²) >= 11 is 7.67. The molecule has 1 aliphatic carbocycles. The van der Waals surface area contributed by atoms with Gasteiger partial charge in [-0.2, -0.15) is 10.5 Å². The Morgan fingerprint density at radius 3 is 2.72 bits per heavy atom. The van der Waals surface area contributed by atoms with E-state index in [9.17, 15) is 15.3 Å². The Labute approximate surface area is 179 Å². The number of amides is 1. The lowest BCUT2D eigenvalue weighted by Gasteiger charge is -2.11. The average molecular weight is 426 g/mol. The lowest BCUT2D eigenvalue weighted by Crippen LogP contribution is -2.13. The van der Waals surface area contributed by atoms with Crippen molar-refractivity contribution >= 4 is 39.9 Å². The minimum atomic E-state index is -0.541. The molecule has 0 bridgehead atoms. The first-order valence-electron chi connectivity index (χ1n) is 9.37. The molecule has 3 rings (SSSR count). The minimum Gasteiger partial charge on any atom is -0.489 e. The van der Waals surface area contributed by atoms with Crippen LogP contribution in [0.5, 0.6) is 5.75 Å². The van der Waals surface area contributed by atoms with Crippen LogP contribution in [-0.2, 0) is 17.6 Å². The molecule has 1 aromatic carbocycles. The second kappa shape index (κ2) is 9.13. The lowest BCUT2D eigenvalue weighted by molar-refractivity contribution is -0.112. The van der Waals surface area contributed by atoms with Gasteiger partial charge in [0.05, 0.1) is 16.7 Å². The second-order valence-electron chi connectivity index (χ2n) is 7.01. The van der Waals surface area contributed by atoms with E-state index < -0.39 is 5.91 Å². The van der Waals surface area contributed by atoms with E-state index in [-0.39, 0.29) is 11.7 Å². The van der Waals surface area contributed by atoms with Crippen LogP contribution in [0, 0.1) is 22.7 Å². The van der Waals surface area contributed by atoms with E-state index in [1.807, 2.05) is 19.9 Å². The van der Waals surface area contributed by atoms with Crippen molar-refractivity contribution in [1.29, 1.82) is 10.5 Å². The van der Waals surface area contributed by atoms with Gasteiger partial charge < -0.3 is 10.1 Å². The number of hydrogen-bond donors (Lipinski definition) is 1. The number of thiophene rings is 1. The molecular formula is C22H20ClN3O2S. The second-order valence-corrected chi connectivity index (χ2v) is 8.52. The van der Waals surface area contributed by atoms with Crippen LogP contribution >= 0.6 is 22.9 Å². The maximum absolute atomic E-state index is 12.7. The molecule has 0 unspecified atom stereocenters. The number of carbonyl (C=O) groups excluding carboxylic acids is 1. The van der Waals surface area contributed by atoms with Gasteiger partial charge in [0.25, 0.3) is 5.91 Å². The Morgan fingerprint density at radius 1 is 1.31 bits per heavy atom. The Bertz CT molecular complexity index is 1060. The SMILES string of the molecule is CC(C)Oc1ccc(/C=C(\C#N)C(=O)Nc2sc3c(c2C#N)CCCC3)cc1Cl. The van der Waals surface area contributed by atoms with Gasteiger partial charge in [-0.05, 0) is 68.9 Å². The van der Waals surface area contributed by atoms with E-state index in [1.54, 1.807) is 18.2 Å². The van der Waals surface area contributed by atoms with Gasteiger partial charge in [0.15, 0.2) is 0 Å².